The number of nitrogens with one attached hydrogen (secondary N) is 1. The largest absolute Gasteiger partial charge is 0.440 e. The molecule has 1 aromatic carbocycles. The second-order valence-corrected chi connectivity index (χ2v) is 6.52. The Kier molecular flexibility index (Phi) is 4.87. The van der Waals surface area contributed by atoms with Crippen LogP contribution in [0.25, 0.3) is 11.3 Å². The van der Waals surface area contributed by atoms with Crippen molar-refractivity contribution in [1.82, 2.24) is 15.2 Å². The molecule has 3 rings (SSSR count). The molecule has 7 heteroatoms. The molecule has 0 atom stereocenters. The van der Waals surface area contributed by atoms with E-state index in [1.807, 2.05) is 30.3 Å². The lowest BCUT2D eigenvalue weighted by Gasteiger charge is -1.95. The smallest absolute Gasteiger partial charge is 0.206 e. The van der Waals surface area contributed by atoms with Gasteiger partial charge in [0.05, 0.1) is 11.9 Å². The first-order valence-corrected chi connectivity index (χ1v) is 8.46. The van der Waals surface area contributed by atoms with Gasteiger partial charge in [0, 0.05) is 12.1 Å². The maximum absolute atomic E-state index is 5.76. The number of hydrogen-bond acceptors (Lipinski definition) is 7. The second kappa shape index (κ2) is 7.24. The summed E-state index contributed by atoms with van der Waals surface area (Å²) >= 11 is 3.07. The molecule has 0 bridgehead atoms. The molecular formula is C15H14N4OS2. The van der Waals surface area contributed by atoms with Crippen LogP contribution in [0, 0.1) is 0 Å². The molecule has 0 aliphatic rings. The van der Waals surface area contributed by atoms with Crippen molar-refractivity contribution in [1.29, 1.82) is 0 Å². The summed E-state index contributed by atoms with van der Waals surface area (Å²) in [5, 5.41) is 12.1. The van der Waals surface area contributed by atoms with E-state index in [2.05, 4.69) is 27.1 Å². The fraction of sp³-hybridized carbons (Fsp3) is 0.133. The minimum absolute atomic E-state index is 0.628. The number of aromatic nitrogens is 3. The molecule has 5 nitrogen and oxygen atoms in total. The van der Waals surface area contributed by atoms with Gasteiger partial charge in [0.15, 0.2) is 10.1 Å². The number of rotatable bonds is 7. The average Bonchev–Trinajstić information content (AvgIpc) is 3.21. The SMILES string of the molecule is C=CCNc1nnc(SCc2ncc(-c3ccccc3)o2)s1. The minimum Gasteiger partial charge on any atom is -0.440 e. The first kappa shape index (κ1) is 14.8. The molecule has 1 N–H and O–H groups in total. The lowest BCUT2D eigenvalue weighted by Crippen LogP contribution is -1.96. The highest BCUT2D eigenvalue weighted by Crippen LogP contribution is 2.29. The summed E-state index contributed by atoms with van der Waals surface area (Å²) in [6.07, 6.45) is 3.54. The summed E-state index contributed by atoms with van der Waals surface area (Å²) in [6, 6.07) is 9.93. The Balaban J connectivity index is 1.59. The van der Waals surface area contributed by atoms with Crippen molar-refractivity contribution in [3.05, 3.63) is 55.1 Å². The standard InChI is InChI=1S/C15H14N4OS2/c1-2-8-16-14-18-19-15(22-14)21-10-13-17-9-12(20-13)11-6-4-3-5-7-11/h2-7,9H,1,8,10H2,(H,16,18). The molecule has 2 aromatic heterocycles. The van der Waals surface area contributed by atoms with Gasteiger partial charge < -0.3 is 9.73 Å². The van der Waals surface area contributed by atoms with Gasteiger partial charge in [-0.05, 0) is 0 Å². The zero-order chi connectivity index (χ0) is 15.2. The van der Waals surface area contributed by atoms with Gasteiger partial charge in [-0.2, -0.15) is 0 Å². The van der Waals surface area contributed by atoms with E-state index in [4.69, 9.17) is 4.42 Å². The van der Waals surface area contributed by atoms with Crippen LogP contribution in [0.2, 0.25) is 0 Å². The van der Waals surface area contributed by atoms with Crippen molar-refractivity contribution in [3.8, 4) is 11.3 Å². The van der Waals surface area contributed by atoms with E-state index in [0.29, 0.717) is 18.2 Å². The number of oxazole rings is 1. The Bertz CT molecular complexity index is 739. The molecule has 0 amide bonds. The summed E-state index contributed by atoms with van der Waals surface area (Å²) in [4.78, 5) is 4.30. The van der Waals surface area contributed by atoms with Crippen molar-refractivity contribution < 1.29 is 4.42 Å². The Labute approximate surface area is 136 Å². The Morgan fingerprint density at radius 1 is 1.27 bits per heavy atom. The quantitative estimate of drug-likeness (QED) is 0.520. The molecule has 0 saturated carbocycles. The van der Waals surface area contributed by atoms with E-state index in [0.717, 1.165) is 20.8 Å². The highest BCUT2D eigenvalue weighted by molar-refractivity contribution is 8.00. The van der Waals surface area contributed by atoms with Gasteiger partial charge >= 0.3 is 0 Å². The third-order valence-corrected chi connectivity index (χ3v) is 4.73. The first-order chi connectivity index (χ1) is 10.8. The summed E-state index contributed by atoms with van der Waals surface area (Å²) in [5.74, 6) is 2.09. The summed E-state index contributed by atoms with van der Waals surface area (Å²) in [5.41, 5.74) is 1.03. The molecule has 0 aliphatic heterocycles. The van der Waals surface area contributed by atoms with E-state index in [1.54, 1.807) is 24.0 Å². The number of nitrogens with zero attached hydrogens (tertiary/aromatic N) is 3. The summed E-state index contributed by atoms with van der Waals surface area (Å²) in [7, 11) is 0. The lowest BCUT2D eigenvalue weighted by atomic mass is 10.2. The maximum Gasteiger partial charge on any atom is 0.206 e. The van der Waals surface area contributed by atoms with Crippen LogP contribution < -0.4 is 5.32 Å². The van der Waals surface area contributed by atoms with Crippen LogP contribution in [0.4, 0.5) is 5.13 Å². The zero-order valence-corrected chi connectivity index (χ0v) is 13.4. The molecule has 0 radical (unpaired) electrons. The van der Waals surface area contributed by atoms with Crippen molar-refractivity contribution >= 4 is 28.2 Å². The van der Waals surface area contributed by atoms with Crippen molar-refractivity contribution in [2.24, 2.45) is 0 Å². The van der Waals surface area contributed by atoms with Gasteiger partial charge in [-0.15, -0.1) is 16.8 Å². The molecule has 22 heavy (non-hydrogen) atoms. The fourth-order valence-corrected chi connectivity index (χ4v) is 3.35. The Hall–Kier alpha value is -2.12. The van der Waals surface area contributed by atoms with Gasteiger partial charge in [-0.1, -0.05) is 59.5 Å². The highest BCUT2D eigenvalue weighted by atomic mass is 32.2. The van der Waals surface area contributed by atoms with Gasteiger partial charge in [-0.25, -0.2) is 4.98 Å². The third kappa shape index (κ3) is 3.75. The van der Waals surface area contributed by atoms with E-state index in [1.165, 1.54) is 11.3 Å². The Morgan fingerprint density at radius 3 is 2.95 bits per heavy atom. The maximum atomic E-state index is 5.76. The van der Waals surface area contributed by atoms with E-state index < -0.39 is 0 Å². The van der Waals surface area contributed by atoms with Gasteiger partial charge in [-0.3, -0.25) is 0 Å². The monoisotopic (exact) mass is 330 g/mol. The van der Waals surface area contributed by atoms with E-state index >= 15 is 0 Å². The molecule has 3 aromatic rings. The third-order valence-electron chi connectivity index (χ3n) is 2.74. The van der Waals surface area contributed by atoms with E-state index in [9.17, 15) is 0 Å². The molecular weight excluding hydrogens is 316 g/mol. The molecule has 2 heterocycles. The van der Waals surface area contributed by atoms with Gasteiger partial charge in [0.25, 0.3) is 0 Å². The number of thioether (sulfide) groups is 1. The van der Waals surface area contributed by atoms with Crippen LogP contribution in [-0.4, -0.2) is 21.7 Å². The van der Waals surface area contributed by atoms with Crippen molar-refractivity contribution in [2.45, 2.75) is 10.1 Å². The predicted molar refractivity (Wildman–Crippen MR) is 90.1 cm³/mol. The zero-order valence-electron chi connectivity index (χ0n) is 11.7. The number of hydrogen-bond donors (Lipinski definition) is 1. The highest BCUT2D eigenvalue weighted by Gasteiger charge is 2.09. The minimum atomic E-state index is 0.628. The first-order valence-electron chi connectivity index (χ1n) is 6.66. The second-order valence-electron chi connectivity index (χ2n) is 4.32. The Morgan fingerprint density at radius 2 is 2.14 bits per heavy atom. The molecule has 0 aliphatic carbocycles. The van der Waals surface area contributed by atoms with Crippen LogP contribution >= 0.6 is 23.1 Å². The number of benzene rings is 1. The summed E-state index contributed by atoms with van der Waals surface area (Å²) in [6.45, 7) is 4.33. The molecule has 0 fully saturated rings. The molecule has 112 valence electrons. The van der Waals surface area contributed by atoms with Crippen LogP contribution in [-0.2, 0) is 5.75 Å². The van der Waals surface area contributed by atoms with Crippen molar-refractivity contribution in [2.75, 3.05) is 11.9 Å². The molecule has 0 unspecified atom stereocenters. The van der Waals surface area contributed by atoms with Crippen LogP contribution in [0.15, 0.2) is 57.9 Å². The van der Waals surface area contributed by atoms with Crippen LogP contribution in [0.5, 0.6) is 0 Å². The normalized spacial score (nSPS) is 10.5. The topological polar surface area (TPSA) is 63.8 Å². The van der Waals surface area contributed by atoms with Gasteiger partial charge in [0.1, 0.15) is 0 Å². The fourth-order valence-electron chi connectivity index (χ4n) is 1.74. The molecule has 0 spiro atoms. The number of anilines is 1. The molecule has 0 saturated heterocycles. The average molecular weight is 330 g/mol. The lowest BCUT2D eigenvalue weighted by molar-refractivity contribution is 0.530. The summed E-state index contributed by atoms with van der Waals surface area (Å²) < 4.78 is 6.64. The van der Waals surface area contributed by atoms with Crippen LogP contribution in [0.3, 0.4) is 0 Å². The van der Waals surface area contributed by atoms with Gasteiger partial charge in [0.2, 0.25) is 11.0 Å². The van der Waals surface area contributed by atoms with E-state index in [-0.39, 0.29) is 0 Å². The predicted octanol–water partition coefficient (Wildman–Crippen LogP) is 4.08. The van der Waals surface area contributed by atoms with Crippen molar-refractivity contribution in [3.63, 3.8) is 0 Å². The van der Waals surface area contributed by atoms with Crippen LogP contribution in [0.1, 0.15) is 5.89 Å².